The molecule has 0 saturated heterocycles. The summed E-state index contributed by atoms with van der Waals surface area (Å²) in [6.45, 7) is 0.610. The van der Waals surface area contributed by atoms with E-state index in [2.05, 4.69) is 42.5 Å². The van der Waals surface area contributed by atoms with Gasteiger partial charge in [-0.15, -0.1) is 0 Å². The Morgan fingerprint density at radius 3 is 2.67 bits per heavy atom. The van der Waals surface area contributed by atoms with Gasteiger partial charge in [-0.25, -0.2) is 0 Å². The van der Waals surface area contributed by atoms with E-state index in [0.29, 0.717) is 6.54 Å². The van der Waals surface area contributed by atoms with Crippen molar-refractivity contribution < 1.29 is 0 Å². The molecule has 0 atom stereocenters. The van der Waals surface area contributed by atoms with Gasteiger partial charge in [-0.1, -0.05) is 30.0 Å². The number of rotatable bonds is 3. The van der Waals surface area contributed by atoms with Crippen LogP contribution < -0.4 is 5.73 Å². The van der Waals surface area contributed by atoms with Crippen LogP contribution in [0.2, 0.25) is 0 Å². The summed E-state index contributed by atoms with van der Waals surface area (Å²) in [4.78, 5) is 2.61. The number of hydrogen-bond donors (Lipinski definition) is 1. The van der Waals surface area contributed by atoms with Crippen LogP contribution in [0.5, 0.6) is 0 Å². The number of aryl methyl sites for hydroxylation is 2. The van der Waals surface area contributed by atoms with Gasteiger partial charge >= 0.3 is 0 Å². The van der Waals surface area contributed by atoms with Gasteiger partial charge in [-0.05, 0) is 60.2 Å². The fraction of sp³-hybridized carbons (Fsp3) is 0.250. The molecule has 2 heteroatoms. The van der Waals surface area contributed by atoms with Crippen molar-refractivity contribution in [2.24, 2.45) is 5.73 Å². The van der Waals surface area contributed by atoms with E-state index >= 15 is 0 Å². The molecule has 0 amide bonds. The Hall–Kier alpha value is -1.25. The number of benzene rings is 2. The van der Waals surface area contributed by atoms with Crippen LogP contribution in [-0.2, 0) is 19.4 Å². The molecule has 2 aromatic carbocycles. The maximum atomic E-state index is 5.68. The average molecular weight is 255 g/mol. The Balaban J connectivity index is 1.83. The van der Waals surface area contributed by atoms with Crippen LogP contribution in [0.4, 0.5) is 0 Å². The van der Waals surface area contributed by atoms with Crippen molar-refractivity contribution >= 4 is 11.8 Å². The summed E-state index contributed by atoms with van der Waals surface area (Å²) < 4.78 is 0. The first-order chi connectivity index (χ1) is 8.85. The van der Waals surface area contributed by atoms with Crippen LogP contribution in [0.3, 0.4) is 0 Å². The van der Waals surface area contributed by atoms with Crippen LogP contribution >= 0.6 is 11.8 Å². The molecule has 0 fully saturated rings. The molecule has 18 heavy (non-hydrogen) atoms. The first-order valence-corrected chi connectivity index (χ1v) is 7.25. The van der Waals surface area contributed by atoms with E-state index < -0.39 is 0 Å². The standard InChI is InChI=1S/C16H17NS/c17-11-12-3-1-6-15(9-12)18-16-8-7-13-4-2-5-14(13)10-16/h1,3,6-10H,2,4-5,11,17H2. The zero-order chi connectivity index (χ0) is 12.4. The highest BCUT2D eigenvalue weighted by molar-refractivity contribution is 7.99. The summed E-state index contributed by atoms with van der Waals surface area (Å²) in [5.41, 5.74) is 9.95. The fourth-order valence-electron chi connectivity index (χ4n) is 2.48. The maximum absolute atomic E-state index is 5.68. The minimum atomic E-state index is 0.610. The highest BCUT2D eigenvalue weighted by Gasteiger charge is 2.11. The molecule has 0 bridgehead atoms. The summed E-state index contributed by atoms with van der Waals surface area (Å²) in [7, 11) is 0. The molecule has 2 aromatic rings. The van der Waals surface area contributed by atoms with E-state index in [-0.39, 0.29) is 0 Å². The van der Waals surface area contributed by atoms with Crippen molar-refractivity contribution in [3.8, 4) is 0 Å². The highest BCUT2D eigenvalue weighted by Crippen LogP contribution is 2.32. The number of nitrogens with two attached hydrogens (primary N) is 1. The van der Waals surface area contributed by atoms with Crippen molar-refractivity contribution in [1.82, 2.24) is 0 Å². The van der Waals surface area contributed by atoms with E-state index in [1.807, 2.05) is 11.8 Å². The Morgan fingerprint density at radius 2 is 1.78 bits per heavy atom. The second kappa shape index (κ2) is 5.17. The van der Waals surface area contributed by atoms with E-state index in [1.54, 1.807) is 0 Å². The van der Waals surface area contributed by atoms with E-state index in [4.69, 9.17) is 5.73 Å². The molecule has 0 saturated carbocycles. The molecule has 0 aliphatic heterocycles. The Kier molecular flexibility index (Phi) is 3.39. The molecule has 1 nitrogen and oxygen atoms in total. The quantitative estimate of drug-likeness (QED) is 0.903. The number of hydrogen-bond acceptors (Lipinski definition) is 2. The van der Waals surface area contributed by atoms with Gasteiger partial charge in [0.2, 0.25) is 0 Å². The fourth-order valence-corrected chi connectivity index (χ4v) is 3.45. The molecule has 0 aromatic heterocycles. The predicted molar refractivity (Wildman–Crippen MR) is 76.9 cm³/mol. The molecule has 0 radical (unpaired) electrons. The summed E-state index contributed by atoms with van der Waals surface area (Å²) in [6.07, 6.45) is 3.81. The van der Waals surface area contributed by atoms with Crippen molar-refractivity contribution in [2.75, 3.05) is 0 Å². The predicted octanol–water partition coefficient (Wildman–Crippen LogP) is 3.79. The normalized spacial score (nSPS) is 13.6. The SMILES string of the molecule is NCc1cccc(Sc2ccc3c(c2)CCC3)c1. The third-order valence-electron chi connectivity index (χ3n) is 3.44. The lowest BCUT2D eigenvalue weighted by molar-refractivity contribution is 0.911. The third-order valence-corrected chi connectivity index (χ3v) is 4.42. The summed E-state index contributed by atoms with van der Waals surface area (Å²) in [5, 5.41) is 0. The van der Waals surface area contributed by atoms with E-state index in [0.717, 1.165) is 0 Å². The minimum absolute atomic E-state index is 0.610. The second-order valence-corrected chi connectivity index (χ2v) is 5.88. The Bertz CT molecular complexity index is 563. The summed E-state index contributed by atoms with van der Waals surface area (Å²) in [5.74, 6) is 0. The van der Waals surface area contributed by atoms with Crippen LogP contribution in [-0.4, -0.2) is 0 Å². The van der Waals surface area contributed by atoms with Gasteiger partial charge in [-0.3, -0.25) is 0 Å². The smallest absolute Gasteiger partial charge is 0.0178 e. The van der Waals surface area contributed by atoms with Crippen molar-refractivity contribution in [1.29, 1.82) is 0 Å². The average Bonchev–Trinajstić information content (AvgIpc) is 2.86. The molecule has 0 heterocycles. The lowest BCUT2D eigenvalue weighted by Gasteiger charge is -2.06. The van der Waals surface area contributed by atoms with E-state index in [1.165, 1.54) is 45.7 Å². The molecule has 3 rings (SSSR count). The van der Waals surface area contributed by atoms with Gasteiger partial charge in [0.05, 0.1) is 0 Å². The lowest BCUT2D eigenvalue weighted by atomic mass is 10.1. The van der Waals surface area contributed by atoms with Gasteiger partial charge in [-0.2, -0.15) is 0 Å². The topological polar surface area (TPSA) is 26.0 Å². The van der Waals surface area contributed by atoms with Crippen molar-refractivity contribution in [3.05, 3.63) is 59.2 Å². The van der Waals surface area contributed by atoms with Crippen LogP contribution in [0.25, 0.3) is 0 Å². The summed E-state index contributed by atoms with van der Waals surface area (Å²) >= 11 is 1.83. The van der Waals surface area contributed by atoms with Crippen LogP contribution in [0.15, 0.2) is 52.3 Å². The largest absolute Gasteiger partial charge is 0.326 e. The molecular weight excluding hydrogens is 238 g/mol. The van der Waals surface area contributed by atoms with Gasteiger partial charge in [0.1, 0.15) is 0 Å². The molecule has 1 aliphatic rings. The monoisotopic (exact) mass is 255 g/mol. The Morgan fingerprint density at radius 1 is 0.944 bits per heavy atom. The van der Waals surface area contributed by atoms with Gasteiger partial charge in [0, 0.05) is 16.3 Å². The maximum Gasteiger partial charge on any atom is 0.0178 e. The van der Waals surface area contributed by atoms with Crippen LogP contribution in [0.1, 0.15) is 23.1 Å². The van der Waals surface area contributed by atoms with Gasteiger partial charge in [0.25, 0.3) is 0 Å². The van der Waals surface area contributed by atoms with Crippen molar-refractivity contribution in [3.63, 3.8) is 0 Å². The third kappa shape index (κ3) is 2.45. The molecule has 0 unspecified atom stereocenters. The molecule has 92 valence electrons. The molecule has 1 aliphatic carbocycles. The Labute approximate surface area is 112 Å². The minimum Gasteiger partial charge on any atom is -0.326 e. The van der Waals surface area contributed by atoms with Gasteiger partial charge < -0.3 is 5.73 Å². The highest BCUT2D eigenvalue weighted by atomic mass is 32.2. The summed E-state index contributed by atoms with van der Waals surface area (Å²) in [6, 6.07) is 15.4. The first-order valence-electron chi connectivity index (χ1n) is 6.44. The zero-order valence-electron chi connectivity index (χ0n) is 10.4. The molecule has 2 N–H and O–H groups in total. The van der Waals surface area contributed by atoms with Gasteiger partial charge in [0.15, 0.2) is 0 Å². The van der Waals surface area contributed by atoms with E-state index in [9.17, 15) is 0 Å². The van der Waals surface area contributed by atoms with Crippen LogP contribution in [0, 0.1) is 0 Å². The first kappa shape index (κ1) is 11.8. The zero-order valence-corrected chi connectivity index (χ0v) is 11.2. The number of fused-ring (bicyclic) bond motifs is 1. The lowest BCUT2D eigenvalue weighted by Crippen LogP contribution is -1.95. The molecule has 0 spiro atoms. The van der Waals surface area contributed by atoms with Crippen molar-refractivity contribution in [2.45, 2.75) is 35.6 Å². The molecular formula is C16H17NS. The second-order valence-electron chi connectivity index (χ2n) is 4.74.